The number of carbonyl (C=O) groups excluding carboxylic acids is 1. The number of nitrogens with one attached hydrogen (secondary N) is 1. The minimum Gasteiger partial charge on any atom is -0.360 e. The average Bonchev–Trinajstić information content (AvgIpc) is 3.40. The van der Waals surface area contributed by atoms with E-state index in [4.69, 9.17) is 4.52 Å². The molecule has 4 aliphatic rings. The summed E-state index contributed by atoms with van der Waals surface area (Å²) in [6.45, 7) is 1.16. The van der Waals surface area contributed by atoms with Gasteiger partial charge in [0.2, 0.25) is 0 Å². The van der Waals surface area contributed by atoms with Crippen LogP contribution < -0.4 is 5.32 Å². The Morgan fingerprint density at radius 1 is 1.10 bits per heavy atom. The van der Waals surface area contributed by atoms with Crippen molar-refractivity contribution >= 4 is 16.1 Å². The van der Waals surface area contributed by atoms with Gasteiger partial charge in [-0.3, -0.25) is 4.79 Å². The minimum atomic E-state index is -3.47. The summed E-state index contributed by atoms with van der Waals surface area (Å²) in [4.78, 5) is 14.8. The van der Waals surface area contributed by atoms with Crippen LogP contribution in [0.2, 0.25) is 0 Å². The highest BCUT2D eigenvalue weighted by Crippen LogP contribution is 2.41. The molecular weight excluding hydrogens is 418 g/mol. The first kappa shape index (κ1) is 21.4. The highest BCUT2D eigenvalue weighted by molar-refractivity contribution is 7.86. The number of fused-ring (bicyclic) bond motifs is 2. The molecule has 1 amide bonds. The molecule has 1 N–H and O–H groups in total. The van der Waals surface area contributed by atoms with E-state index >= 15 is 0 Å². The fourth-order valence-electron chi connectivity index (χ4n) is 5.57. The van der Waals surface area contributed by atoms with E-state index in [1.165, 1.54) is 0 Å². The van der Waals surface area contributed by atoms with Crippen LogP contribution in [0, 0.1) is 0 Å². The van der Waals surface area contributed by atoms with Crippen molar-refractivity contribution in [2.75, 3.05) is 27.2 Å². The van der Waals surface area contributed by atoms with Crippen LogP contribution in [0.1, 0.15) is 73.5 Å². The lowest BCUT2D eigenvalue weighted by Crippen LogP contribution is -2.57. The monoisotopic (exact) mass is 451 g/mol. The third-order valence-electron chi connectivity index (χ3n) is 7.49. The summed E-state index contributed by atoms with van der Waals surface area (Å²) in [7, 11) is 0.646. The first-order valence-corrected chi connectivity index (χ1v) is 12.9. The van der Waals surface area contributed by atoms with Gasteiger partial charge in [-0.2, -0.15) is 17.0 Å². The van der Waals surface area contributed by atoms with E-state index < -0.39 is 10.2 Å². The van der Waals surface area contributed by atoms with Gasteiger partial charge in [-0.15, -0.1) is 0 Å². The lowest BCUT2D eigenvalue weighted by atomic mass is 9.99. The summed E-state index contributed by atoms with van der Waals surface area (Å²) >= 11 is 0. The lowest BCUT2D eigenvalue weighted by molar-refractivity contribution is 0.0897. The zero-order valence-corrected chi connectivity index (χ0v) is 19.2. The summed E-state index contributed by atoms with van der Waals surface area (Å²) in [6, 6.07) is 2.08. The maximum absolute atomic E-state index is 13.4. The predicted molar refractivity (Wildman–Crippen MR) is 115 cm³/mol. The normalized spacial score (nSPS) is 30.7. The van der Waals surface area contributed by atoms with Crippen LogP contribution >= 0.6 is 0 Å². The molecule has 3 atom stereocenters. The number of hydrogen-bond donors (Lipinski definition) is 1. The van der Waals surface area contributed by atoms with Gasteiger partial charge in [0.05, 0.1) is 0 Å². The Morgan fingerprint density at radius 2 is 1.74 bits per heavy atom. The summed E-state index contributed by atoms with van der Waals surface area (Å²) < 4.78 is 35.6. The SMILES string of the molecule is CN(C)C1CCN(S(=O)(=O)N2[C@@H]3CC[C@H]2C[C@@H](NC(=O)c2cc(C4CC4)on2)C3)CC1. The van der Waals surface area contributed by atoms with Gasteiger partial charge < -0.3 is 14.7 Å². The van der Waals surface area contributed by atoms with Crippen molar-refractivity contribution in [1.82, 2.24) is 24.0 Å². The van der Waals surface area contributed by atoms with Crippen molar-refractivity contribution in [3.63, 3.8) is 0 Å². The molecule has 0 aromatic carbocycles. The van der Waals surface area contributed by atoms with Gasteiger partial charge in [0, 0.05) is 49.2 Å². The molecule has 2 bridgehead atoms. The molecule has 1 aromatic rings. The van der Waals surface area contributed by atoms with Gasteiger partial charge in [0.25, 0.3) is 16.1 Å². The smallest absolute Gasteiger partial charge is 0.282 e. The number of rotatable bonds is 6. The van der Waals surface area contributed by atoms with E-state index in [0.29, 0.717) is 43.6 Å². The van der Waals surface area contributed by atoms with Crippen LogP contribution in [0.5, 0.6) is 0 Å². The molecular formula is C21H33N5O4S. The predicted octanol–water partition coefficient (Wildman–Crippen LogP) is 1.55. The molecule has 31 heavy (non-hydrogen) atoms. The molecule has 9 nitrogen and oxygen atoms in total. The van der Waals surface area contributed by atoms with Crippen molar-refractivity contribution in [3.8, 4) is 0 Å². The molecule has 4 heterocycles. The first-order chi connectivity index (χ1) is 14.8. The van der Waals surface area contributed by atoms with E-state index in [1.54, 1.807) is 14.7 Å². The van der Waals surface area contributed by atoms with Crippen LogP contribution in [-0.4, -0.2) is 84.3 Å². The third-order valence-corrected chi connectivity index (χ3v) is 9.64. The van der Waals surface area contributed by atoms with Crippen molar-refractivity contribution in [2.45, 2.75) is 81.5 Å². The molecule has 3 saturated heterocycles. The first-order valence-electron chi connectivity index (χ1n) is 11.6. The molecule has 5 rings (SSSR count). The van der Waals surface area contributed by atoms with E-state index in [-0.39, 0.29) is 24.0 Å². The number of piperidine rings is 2. The molecule has 0 spiro atoms. The Kier molecular flexibility index (Phi) is 5.60. The number of amides is 1. The van der Waals surface area contributed by atoms with Gasteiger partial charge in [-0.1, -0.05) is 5.16 Å². The maximum atomic E-state index is 13.4. The van der Waals surface area contributed by atoms with Crippen molar-refractivity contribution in [3.05, 3.63) is 17.5 Å². The van der Waals surface area contributed by atoms with Crippen LogP contribution in [0.25, 0.3) is 0 Å². The molecule has 1 aromatic heterocycles. The maximum Gasteiger partial charge on any atom is 0.282 e. The van der Waals surface area contributed by atoms with Crippen molar-refractivity contribution < 1.29 is 17.7 Å². The van der Waals surface area contributed by atoms with E-state index in [9.17, 15) is 13.2 Å². The minimum absolute atomic E-state index is 0.0306. The van der Waals surface area contributed by atoms with Gasteiger partial charge in [-0.25, -0.2) is 0 Å². The number of nitrogens with zero attached hydrogens (tertiary/aromatic N) is 4. The van der Waals surface area contributed by atoms with Crippen molar-refractivity contribution in [2.24, 2.45) is 0 Å². The Hall–Kier alpha value is -1.49. The molecule has 4 fully saturated rings. The zero-order valence-electron chi connectivity index (χ0n) is 18.4. The number of aromatic nitrogens is 1. The summed E-state index contributed by atoms with van der Waals surface area (Å²) in [5, 5.41) is 7.00. The van der Waals surface area contributed by atoms with Crippen LogP contribution in [0.15, 0.2) is 10.6 Å². The summed E-state index contributed by atoms with van der Waals surface area (Å²) in [5.74, 6) is 0.993. The lowest BCUT2D eigenvalue weighted by Gasteiger charge is -2.42. The highest BCUT2D eigenvalue weighted by atomic mass is 32.2. The Balaban J connectivity index is 1.21. The van der Waals surface area contributed by atoms with Gasteiger partial charge in [0.15, 0.2) is 5.69 Å². The second-order valence-electron chi connectivity index (χ2n) is 9.85. The van der Waals surface area contributed by atoms with Crippen molar-refractivity contribution in [1.29, 1.82) is 0 Å². The number of hydrogen-bond acceptors (Lipinski definition) is 6. The van der Waals surface area contributed by atoms with Crippen LogP contribution in [0.4, 0.5) is 0 Å². The van der Waals surface area contributed by atoms with E-state index in [2.05, 4.69) is 29.5 Å². The quantitative estimate of drug-likeness (QED) is 0.705. The Morgan fingerprint density at radius 3 is 2.32 bits per heavy atom. The molecule has 172 valence electrons. The fraction of sp³-hybridized carbons (Fsp3) is 0.810. The average molecular weight is 452 g/mol. The molecule has 0 radical (unpaired) electrons. The molecule has 0 unspecified atom stereocenters. The molecule has 3 aliphatic heterocycles. The van der Waals surface area contributed by atoms with Crippen LogP contribution in [-0.2, 0) is 10.2 Å². The topological polar surface area (TPSA) is 99.0 Å². The standard InChI is InChI=1S/C21H33N5O4S/c1-24(2)16-7-9-25(10-8-16)31(28,29)26-17-5-6-18(26)12-15(11-17)22-21(27)19-13-20(30-23-19)14-3-4-14/h13-18H,3-12H2,1-2H3,(H,22,27)/t15-,17+,18-. The summed E-state index contributed by atoms with van der Waals surface area (Å²) in [5.41, 5.74) is 0.327. The Bertz CT molecular complexity index is 906. The van der Waals surface area contributed by atoms with Gasteiger partial charge in [0.1, 0.15) is 5.76 Å². The second kappa shape index (κ2) is 8.13. The molecule has 1 aliphatic carbocycles. The zero-order chi connectivity index (χ0) is 21.8. The highest BCUT2D eigenvalue weighted by Gasteiger charge is 2.49. The second-order valence-corrected chi connectivity index (χ2v) is 11.7. The number of carbonyl (C=O) groups is 1. The van der Waals surface area contributed by atoms with Gasteiger partial charge >= 0.3 is 0 Å². The molecule has 1 saturated carbocycles. The summed E-state index contributed by atoms with van der Waals surface area (Å²) in [6.07, 6.45) is 6.97. The van der Waals surface area contributed by atoms with E-state index in [0.717, 1.165) is 44.3 Å². The van der Waals surface area contributed by atoms with E-state index in [1.807, 2.05) is 0 Å². The third kappa shape index (κ3) is 4.15. The Labute approximate surface area is 184 Å². The largest absolute Gasteiger partial charge is 0.360 e. The van der Waals surface area contributed by atoms with Crippen LogP contribution in [0.3, 0.4) is 0 Å². The fourth-order valence-corrected chi connectivity index (χ4v) is 7.64. The van der Waals surface area contributed by atoms with Gasteiger partial charge in [-0.05, 0) is 65.5 Å². The molecule has 10 heteroatoms.